The van der Waals surface area contributed by atoms with Crippen molar-refractivity contribution in [3.8, 4) is 11.1 Å². The average Bonchev–Trinajstić information content (AvgIpc) is 2.39. The normalized spacial score (nSPS) is 11.0. The van der Waals surface area contributed by atoms with E-state index < -0.39 is 0 Å². The lowest BCUT2D eigenvalue weighted by Crippen LogP contribution is -2.21. The molecule has 0 radical (unpaired) electrons. The third-order valence-electron chi connectivity index (χ3n) is 3.17. The van der Waals surface area contributed by atoms with Crippen molar-refractivity contribution < 1.29 is 4.39 Å². The molecule has 0 unspecified atom stereocenters. The molecule has 0 heterocycles. The zero-order valence-corrected chi connectivity index (χ0v) is 11.7. The molecule has 19 heavy (non-hydrogen) atoms. The van der Waals surface area contributed by atoms with Crippen LogP contribution in [-0.2, 0) is 6.54 Å². The molecule has 0 saturated heterocycles. The van der Waals surface area contributed by atoms with Gasteiger partial charge in [0.1, 0.15) is 5.82 Å². The van der Waals surface area contributed by atoms with Crippen LogP contribution in [0.15, 0.2) is 42.5 Å². The molecule has 0 aliphatic carbocycles. The Morgan fingerprint density at radius 3 is 2.37 bits per heavy atom. The number of benzene rings is 2. The van der Waals surface area contributed by atoms with E-state index in [2.05, 4.69) is 44.3 Å². The summed E-state index contributed by atoms with van der Waals surface area (Å²) in [7, 11) is 0. The molecule has 2 aromatic carbocycles. The van der Waals surface area contributed by atoms with E-state index in [0.717, 1.165) is 12.1 Å². The Morgan fingerprint density at radius 2 is 1.74 bits per heavy atom. The lowest BCUT2D eigenvalue weighted by Gasteiger charge is -2.12. The third kappa shape index (κ3) is 3.65. The van der Waals surface area contributed by atoms with Crippen LogP contribution in [0, 0.1) is 12.7 Å². The van der Waals surface area contributed by atoms with Crippen molar-refractivity contribution >= 4 is 0 Å². The van der Waals surface area contributed by atoms with Crippen LogP contribution >= 0.6 is 0 Å². The third-order valence-corrected chi connectivity index (χ3v) is 3.17. The summed E-state index contributed by atoms with van der Waals surface area (Å²) < 4.78 is 13.0. The predicted molar refractivity (Wildman–Crippen MR) is 78.5 cm³/mol. The van der Waals surface area contributed by atoms with E-state index in [0.29, 0.717) is 6.04 Å². The van der Waals surface area contributed by atoms with Gasteiger partial charge in [-0.2, -0.15) is 0 Å². The second kappa shape index (κ2) is 5.98. The van der Waals surface area contributed by atoms with Crippen molar-refractivity contribution in [2.24, 2.45) is 0 Å². The second-order valence-corrected chi connectivity index (χ2v) is 5.19. The zero-order valence-electron chi connectivity index (χ0n) is 11.7. The summed E-state index contributed by atoms with van der Waals surface area (Å²) in [5.41, 5.74) is 4.69. The summed E-state index contributed by atoms with van der Waals surface area (Å²) in [6, 6.07) is 13.6. The van der Waals surface area contributed by atoms with Crippen LogP contribution in [0.1, 0.15) is 25.0 Å². The minimum atomic E-state index is -0.195. The highest BCUT2D eigenvalue weighted by Gasteiger charge is 2.04. The van der Waals surface area contributed by atoms with E-state index in [9.17, 15) is 4.39 Å². The molecule has 1 N–H and O–H groups in total. The number of halogens is 1. The standard InChI is InChI=1S/C17H20FN/c1-12(2)19-11-14-5-4-13(3)17(10-14)15-6-8-16(18)9-7-15/h4-10,12,19H,11H2,1-3H3. The molecule has 0 spiro atoms. The van der Waals surface area contributed by atoms with Crippen LogP contribution in [0.4, 0.5) is 4.39 Å². The lowest BCUT2D eigenvalue weighted by atomic mass is 9.98. The maximum absolute atomic E-state index is 13.0. The van der Waals surface area contributed by atoms with Crippen LogP contribution in [0.3, 0.4) is 0 Å². The Bertz CT molecular complexity index is 544. The van der Waals surface area contributed by atoms with E-state index in [1.165, 1.54) is 28.8 Å². The van der Waals surface area contributed by atoms with Crippen molar-refractivity contribution in [1.82, 2.24) is 5.32 Å². The highest BCUT2D eigenvalue weighted by Crippen LogP contribution is 2.24. The largest absolute Gasteiger partial charge is 0.310 e. The van der Waals surface area contributed by atoms with Crippen molar-refractivity contribution in [3.63, 3.8) is 0 Å². The molecule has 0 fully saturated rings. The molecule has 0 atom stereocenters. The van der Waals surface area contributed by atoms with Gasteiger partial charge in [0.15, 0.2) is 0 Å². The maximum atomic E-state index is 13.0. The fourth-order valence-electron chi connectivity index (χ4n) is 2.04. The fraction of sp³-hybridized carbons (Fsp3) is 0.294. The molecular formula is C17H20FN. The van der Waals surface area contributed by atoms with Crippen molar-refractivity contribution in [1.29, 1.82) is 0 Å². The van der Waals surface area contributed by atoms with Gasteiger partial charge >= 0.3 is 0 Å². The molecule has 0 aliphatic heterocycles. The summed E-state index contributed by atoms with van der Waals surface area (Å²) in [5, 5.41) is 3.41. The molecular weight excluding hydrogens is 237 g/mol. The summed E-state index contributed by atoms with van der Waals surface area (Å²) in [6.07, 6.45) is 0. The number of nitrogens with one attached hydrogen (secondary N) is 1. The molecule has 2 rings (SSSR count). The van der Waals surface area contributed by atoms with Gasteiger partial charge in [-0.25, -0.2) is 4.39 Å². The van der Waals surface area contributed by atoms with Gasteiger partial charge in [-0.05, 0) is 47.4 Å². The Hall–Kier alpha value is -1.67. The minimum Gasteiger partial charge on any atom is -0.310 e. The smallest absolute Gasteiger partial charge is 0.123 e. The SMILES string of the molecule is Cc1ccc(CNC(C)C)cc1-c1ccc(F)cc1. The number of hydrogen-bond acceptors (Lipinski definition) is 1. The molecule has 0 aliphatic rings. The summed E-state index contributed by atoms with van der Waals surface area (Å²) >= 11 is 0. The second-order valence-electron chi connectivity index (χ2n) is 5.19. The van der Waals surface area contributed by atoms with Gasteiger partial charge in [-0.1, -0.05) is 38.1 Å². The zero-order chi connectivity index (χ0) is 13.8. The number of hydrogen-bond donors (Lipinski definition) is 1. The molecule has 1 nitrogen and oxygen atoms in total. The van der Waals surface area contributed by atoms with Crippen LogP contribution in [0.25, 0.3) is 11.1 Å². The Labute approximate surface area is 114 Å². The van der Waals surface area contributed by atoms with Gasteiger partial charge in [0.2, 0.25) is 0 Å². The highest BCUT2D eigenvalue weighted by molar-refractivity contribution is 5.67. The molecule has 0 saturated carbocycles. The molecule has 0 bridgehead atoms. The van der Waals surface area contributed by atoms with E-state index >= 15 is 0 Å². The molecule has 0 amide bonds. The van der Waals surface area contributed by atoms with E-state index in [-0.39, 0.29) is 5.82 Å². The van der Waals surface area contributed by atoms with Gasteiger partial charge in [0.05, 0.1) is 0 Å². The first-order chi connectivity index (χ1) is 9.06. The van der Waals surface area contributed by atoms with Gasteiger partial charge in [0.25, 0.3) is 0 Å². The summed E-state index contributed by atoms with van der Waals surface area (Å²) in [5.74, 6) is -0.195. The molecule has 0 aromatic heterocycles. The fourth-order valence-corrected chi connectivity index (χ4v) is 2.04. The Morgan fingerprint density at radius 1 is 1.05 bits per heavy atom. The first-order valence-electron chi connectivity index (χ1n) is 6.65. The first-order valence-corrected chi connectivity index (χ1v) is 6.65. The molecule has 2 aromatic rings. The number of rotatable bonds is 4. The van der Waals surface area contributed by atoms with E-state index in [1.54, 1.807) is 0 Å². The van der Waals surface area contributed by atoms with Gasteiger partial charge in [0, 0.05) is 12.6 Å². The van der Waals surface area contributed by atoms with Crippen LogP contribution in [0.2, 0.25) is 0 Å². The van der Waals surface area contributed by atoms with Gasteiger partial charge in [-0.15, -0.1) is 0 Å². The van der Waals surface area contributed by atoms with Crippen molar-refractivity contribution in [2.75, 3.05) is 0 Å². The lowest BCUT2D eigenvalue weighted by molar-refractivity contribution is 0.589. The van der Waals surface area contributed by atoms with E-state index in [4.69, 9.17) is 0 Å². The monoisotopic (exact) mass is 257 g/mol. The van der Waals surface area contributed by atoms with Crippen molar-refractivity contribution in [2.45, 2.75) is 33.4 Å². The molecule has 100 valence electrons. The van der Waals surface area contributed by atoms with Crippen LogP contribution < -0.4 is 5.32 Å². The number of aryl methyl sites for hydroxylation is 1. The van der Waals surface area contributed by atoms with E-state index in [1.807, 2.05) is 12.1 Å². The van der Waals surface area contributed by atoms with Gasteiger partial charge < -0.3 is 5.32 Å². The van der Waals surface area contributed by atoms with Crippen molar-refractivity contribution in [3.05, 3.63) is 59.4 Å². The predicted octanol–water partition coefficient (Wildman–Crippen LogP) is 4.30. The quantitative estimate of drug-likeness (QED) is 0.861. The van der Waals surface area contributed by atoms with Crippen LogP contribution in [-0.4, -0.2) is 6.04 Å². The average molecular weight is 257 g/mol. The van der Waals surface area contributed by atoms with Crippen LogP contribution in [0.5, 0.6) is 0 Å². The first kappa shape index (κ1) is 13.8. The molecule has 2 heteroatoms. The van der Waals surface area contributed by atoms with Gasteiger partial charge in [-0.3, -0.25) is 0 Å². The Kier molecular flexibility index (Phi) is 4.33. The Balaban J connectivity index is 2.29. The minimum absolute atomic E-state index is 0.195. The highest BCUT2D eigenvalue weighted by atomic mass is 19.1. The summed E-state index contributed by atoms with van der Waals surface area (Å²) in [4.78, 5) is 0. The topological polar surface area (TPSA) is 12.0 Å². The maximum Gasteiger partial charge on any atom is 0.123 e. The summed E-state index contributed by atoms with van der Waals surface area (Å²) in [6.45, 7) is 7.20.